The van der Waals surface area contributed by atoms with Gasteiger partial charge in [0.25, 0.3) is 0 Å². The van der Waals surface area contributed by atoms with Crippen LogP contribution in [0.2, 0.25) is 0 Å². The normalized spacial score (nSPS) is 21.3. The highest BCUT2D eigenvalue weighted by Crippen LogP contribution is 2.35. The van der Waals surface area contributed by atoms with Crippen LogP contribution in [0, 0.1) is 6.92 Å². The van der Waals surface area contributed by atoms with Gasteiger partial charge >= 0.3 is 0 Å². The molecule has 0 spiro atoms. The molecule has 0 amide bonds. The molecule has 1 aromatic rings. The predicted molar refractivity (Wildman–Crippen MR) is 60.2 cm³/mol. The highest BCUT2D eigenvalue weighted by atomic mass is 79.9. The van der Waals surface area contributed by atoms with E-state index in [1.807, 2.05) is 0 Å². The van der Waals surface area contributed by atoms with Gasteiger partial charge in [-0.25, -0.2) is 0 Å². The number of hydrogen-bond acceptors (Lipinski definition) is 0. The first-order valence-corrected chi connectivity index (χ1v) is 5.76. The average Bonchev–Trinajstić information content (AvgIpc) is 2.07. The Labute approximate surface area is 88.5 Å². The van der Waals surface area contributed by atoms with Crippen LogP contribution < -0.4 is 0 Å². The maximum Gasteiger partial charge on any atom is 0.0212 e. The van der Waals surface area contributed by atoms with Crippen LogP contribution in [0.3, 0.4) is 0 Å². The smallest absolute Gasteiger partial charge is 0.0212 e. The molecule has 0 aliphatic heterocycles. The quantitative estimate of drug-likeness (QED) is 0.636. The van der Waals surface area contributed by atoms with Crippen LogP contribution in [0.1, 0.15) is 42.4 Å². The number of benzene rings is 1. The van der Waals surface area contributed by atoms with E-state index < -0.39 is 0 Å². The molecule has 0 radical (unpaired) electrons. The minimum Gasteiger partial charge on any atom is -0.0584 e. The lowest BCUT2D eigenvalue weighted by Crippen LogP contribution is -2.07. The molecule has 1 atom stereocenters. The molecular formula is C12H15Br. The van der Waals surface area contributed by atoms with Crippen molar-refractivity contribution in [1.29, 1.82) is 0 Å². The van der Waals surface area contributed by atoms with Gasteiger partial charge in [-0.15, -0.1) is 0 Å². The van der Waals surface area contributed by atoms with Crippen LogP contribution in [0.4, 0.5) is 0 Å². The molecule has 0 saturated carbocycles. The third-order valence-electron chi connectivity index (χ3n) is 2.97. The van der Waals surface area contributed by atoms with Gasteiger partial charge in [0.15, 0.2) is 0 Å². The van der Waals surface area contributed by atoms with Gasteiger partial charge in [-0.3, -0.25) is 0 Å². The van der Waals surface area contributed by atoms with Crippen molar-refractivity contribution < 1.29 is 0 Å². The first-order valence-electron chi connectivity index (χ1n) is 4.97. The maximum absolute atomic E-state index is 3.66. The van der Waals surface area contributed by atoms with Crippen molar-refractivity contribution in [2.24, 2.45) is 0 Å². The predicted octanol–water partition coefficient (Wildman–Crippen LogP) is 4.20. The molecule has 0 nitrogen and oxygen atoms in total. The summed E-state index contributed by atoms with van der Waals surface area (Å²) >= 11 is 3.66. The van der Waals surface area contributed by atoms with Gasteiger partial charge < -0.3 is 0 Å². The topological polar surface area (TPSA) is 0 Å². The summed E-state index contributed by atoms with van der Waals surface area (Å²) in [5.41, 5.74) is 4.49. The summed E-state index contributed by atoms with van der Waals surface area (Å²) in [6.07, 6.45) is 3.94. The molecule has 0 fully saturated rings. The van der Waals surface area contributed by atoms with Crippen LogP contribution in [0.15, 0.2) is 16.6 Å². The van der Waals surface area contributed by atoms with Crippen LogP contribution in [-0.4, -0.2) is 0 Å². The lowest BCUT2D eigenvalue weighted by atomic mass is 9.83. The molecule has 0 aromatic heterocycles. The summed E-state index contributed by atoms with van der Waals surface area (Å²) < 4.78 is 1.31. The Morgan fingerprint density at radius 2 is 2.15 bits per heavy atom. The van der Waals surface area contributed by atoms with E-state index in [2.05, 4.69) is 41.9 Å². The third-order valence-corrected chi connectivity index (χ3v) is 3.68. The lowest BCUT2D eigenvalue weighted by molar-refractivity contribution is 0.588. The minimum absolute atomic E-state index is 0.750. The molecule has 1 unspecified atom stereocenters. The van der Waals surface area contributed by atoms with Crippen LogP contribution in [0.5, 0.6) is 0 Å². The first kappa shape index (κ1) is 9.26. The molecular weight excluding hydrogens is 224 g/mol. The van der Waals surface area contributed by atoms with Crippen molar-refractivity contribution in [3.63, 3.8) is 0 Å². The summed E-state index contributed by atoms with van der Waals surface area (Å²) in [5.74, 6) is 0.750. The second-order valence-electron chi connectivity index (χ2n) is 4.11. The Morgan fingerprint density at radius 1 is 1.38 bits per heavy atom. The Bertz CT molecular complexity index is 328. The van der Waals surface area contributed by atoms with E-state index in [1.165, 1.54) is 29.3 Å². The Kier molecular flexibility index (Phi) is 2.46. The lowest BCUT2D eigenvalue weighted by Gasteiger charge is -2.23. The van der Waals surface area contributed by atoms with Gasteiger partial charge in [0, 0.05) is 4.47 Å². The second-order valence-corrected chi connectivity index (χ2v) is 4.96. The van der Waals surface area contributed by atoms with Gasteiger partial charge in [0.1, 0.15) is 0 Å². The van der Waals surface area contributed by atoms with E-state index >= 15 is 0 Å². The Hall–Kier alpha value is -0.300. The highest BCUT2D eigenvalue weighted by Gasteiger charge is 2.18. The van der Waals surface area contributed by atoms with Gasteiger partial charge in [-0.2, -0.15) is 0 Å². The molecule has 1 aliphatic rings. The fourth-order valence-electron chi connectivity index (χ4n) is 2.24. The highest BCUT2D eigenvalue weighted by molar-refractivity contribution is 9.10. The Balaban J connectivity index is 2.56. The van der Waals surface area contributed by atoms with Crippen molar-refractivity contribution in [2.75, 3.05) is 0 Å². The van der Waals surface area contributed by atoms with Crippen LogP contribution in [0.25, 0.3) is 0 Å². The molecule has 0 N–H and O–H groups in total. The van der Waals surface area contributed by atoms with Gasteiger partial charge in [-0.05, 0) is 54.9 Å². The largest absolute Gasteiger partial charge is 0.0584 e. The van der Waals surface area contributed by atoms with Crippen molar-refractivity contribution in [3.8, 4) is 0 Å². The molecule has 2 rings (SSSR count). The zero-order chi connectivity index (χ0) is 9.42. The van der Waals surface area contributed by atoms with Crippen molar-refractivity contribution in [3.05, 3.63) is 33.3 Å². The van der Waals surface area contributed by atoms with Gasteiger partial charge in [0.2, 0.25) is 0 Å². The van der Waals surface area contributed by atoms with Gasteiger partial charge in [-0.1, -0.05) is 28.9 Å². The zero-order valence-electron chi connectivity index (χ0n) is 8.23. The molecule has 70 valence electrons. The molecule has 1 aromatic carbocycles. The van der Waals surface area contributed by atoms with Crippen LogP contribution >= 0.6 is 15.9 Å². The number of halogens is 1. The number of fused-ring (bicyclic) bond motifs is 1. The number of aryl methyl sites for hydroxylation is 1. The minimum atomic E-state index is 0.750. The number of hydrogen-bond donors (Lipinski definition) is 0. The van der Waals surface area contributed by atoms with Crippen LogP contribution in [-0.2, 0) is 6.42 Å². The summed E-state index contributed by atoms with van der Waals surface area (Å²) in [4.78, 5) is 0. The van der Waals surface area contributed by atoms with E-state index in [4.69, 9.17) is 0 Å². The van der Waals surface area contributed by atoms with E-state index in [1.54, 1.807) is 11.1 Å². The van der Waals surface area contributed by atoms with E-state index in [-0.39, 0.29) is 0 Å². The SMILES string of the molecule is Cc1cc(Br)c2c(c1)C(C)CCC2. The molecule has 13 heavy (non-hydrogen) atoms. The van der Waals surface area contributed by atoms with Crippen molar-refractivity contribution in [1.82, 2.24) is 0 Å². The summed E-state index contributed by atoms with van der Waals surface area (Å²) in [5, 5.41) is 0. The third kappa shape index (κ3) is 1.67. The average molecular weight is 239 g/mol. The maximum atomic E-state index is 3.66. The molecule has 1 heteroatoms. The fourth-order valence-corrected chi connectivity index (χ4v) is 3.03. The molecule has 0 bridgehead atoms. The summed E-state index contributed by atoms with van der Waals surface area (Å²) in [7, 11) is 0. The van der Waals surface area contributed by atoms with E-state index in [9.17, 15) is 0 Å². The first-order chi connectivity index (χ1) is 6.18. The zero-order valence-corrected chi connectivity index (χ0v) is 9.82. The standard InChI is InChI=1S/C12H15Br/c1-8-6-11-9(2)4-3-5-10(11)12(13)7-8/h6-7,9H,3-5H2,1-2H3. The molecule has 0 heterocycles. The number of rotatable bonds is 0. The second kappa shape index (κ2) is 3.45. The fraction of sp³-hybridized carbons (Fsp3) is 0.500. The summed E-state index contributed by atoms with van der Waals surface area (Å²) in [6, 6.07) is 4.58. The van der Waals surface area contributed by atoms with E-state index in [0.29, 0.717) is 0 Å². The molecule has 1 aliphatic carbocycles. The molecule has 0 saturated heterocycles. The van der Waals surface area contributed by atoms with Crippen molar-refractivity contribution >= 4 is 15.9 Å². The monoisotopic (exact) mass is 238 g/mol. The van der Waals surface area contributed by atoms with Gasteiger partial charge in [0.05, 0.1) is 0 Å². The Morgan fingerprint density at radius 3 is 2.92 bits per heavy atom. The van der Waals surface area contributed by atoms with E-state index in [0.717, 1.165) is 5.92 Å². The van der Waals surface area contributed by atoms with Crippen molar-refractivity contribution in [2.45, 2.75) is 39.0 Å². The summed E-state index contributed by atoms with van der Waals surface area (Å²) in [6.45, 7) is 4.51.